The van der Waals surface area contributed by atoms with Crippen molar-refractivity contribution in [3.63, 3.8) is 0 Å². The van der Waals surface area contributed by atoms with Crippen LogP contribution in [0.4, 0.5) is 5.69 Å². The van der Waals surface area contributed by atoms with Crippen LogP contribution in [0.1, 0.15) is 5.56 Å². The van der Waals surface area contributed by atoms with Gasteiger partial charge in [-0.05, 0) is 24.3 Å². The van der Waals surface area contributed by atoms with E-state index in [1.165, 1.54) is 14.2 Å². The molecule has 2 aromatic rings. The molecule has 0 unspecified atom stereocenters. The van der Waals surface area contributed by atoms with E-state index < -0.39 is 11.9 Å². The van der Waals surface area contributed by atoms with E-state index in [-0.39, 0.29) is 5.70 Å². The van der Waals surface area contributed by atoms with Gasteiger partial charge in [-0.2, -0.15) is 0 Å². The van der Waals surface area contributed by atoms with E-state index in [2.05, 4.69) is 19.8 Å². The van der Waals surface area contributed by atoms with Crippen LogP contribution in [0.25, 0.3) is 0 Å². The largest absolute Gasteiger partial charge is 0.487 e. The van der Waals surface area contributed by atoms with Gasteiger partial charge in [-0.15, -0.1) is 0 Å². The quantitative estimate of drug-likeness (QED) is 0.587. The van der Waals surface area contributed by atoms with Gasteiger partial charge >= 0.3 is 11.9 Å². The summed E-state index contributed by atoms with van der Waals surface area (Å²) in [4.78, 5) is 27.1. The number of carbonyl (C=O) groups excluding carboxylic acids is 2. The van der Waals surface area contributed by atoms with Crippen LogP contribution in [0.5, 0.6) is 5.75 Å². The molecule has 0 atom stereocenters. The maximum absolute atomic E-state index is 11.8. The number of nitrogens with zero attached hydrogens (tertiary/aromatic N) is 1. The SMILES string of the molecule is COC(=O)/C=C(/Nc1ccc(OCc2cccnc2)c(Cl)c1)C(=O)OC. The summed E-state index contributed by atoms with van der Waals surface area (Å²) in [5.41, 5.74) is 1.29. The molecule has 1 N–H and O–H groups in total. The second-order valence-corrected chi connectivity index (χ2v) is 5.40. The fourth-order valence-corrected chi connectivity index (χ4v) is 2.16. The van der Waals surface area contributed by atoms with Crippen LogP contribution >= 0.6 is 11.6 Å². The molecule has 0 spiro atoms. The van der Waals surface area contributed by atoms with Crippen LogP contribution < -0.4 is 10.1 Å². The van der Waals surface area contributed by atoms with Gasteiger partial charge in [0, 0.05) is 23.6 Å². The minimum atomic E-state index is -0.719. The number of nitrogens with one attached hydrogen (secondary N) is 1. The highest BCUT2D eigenvalue weighted by atomic mass is 35.5. The molecule has 1 heterocycles. The Labute approximate surface area is 155 Å². The van der Waals surface area contributed by atoms with E-state index in [9.17, 15) is 9.59 Å². The summed E-state index contributed by atoms with van der Waals surface area (Å²) in [6, 6.07) is 8.56. The molecule has 26 heavy (non-hydrogen) atoms. The minimum absolute atomic E-state index is 0.0838. The van der Waals surface area contributed by atoms with Gasteiger partial charge in [-0.1, -0.05) is 17.7 Å². The Morgan fingerprint density at radius 3 is 2.65 bits per heavy atom. The molecule has 7 nitrogen and oxygen atoms in total. The van der Waals surface area contributed by atoms with Crippen molar-refractivity contribution in [1.29, 1.82) is 0 Å². The van der Waals surface area contributed by atoms with Crippen molar-refractivity contribution in [2.45, 2.75) is 6.61 Å². The highest BCUT2D eigenvalue weighted by molar-refractivity contribution is 6.32. The number of methoxy groups -OCH3 is 2. The monoisotopic (exact) mass is 376 g/mol. The standard InChI is InChI=1S/C18H17ClN2O5/c1-24-17(22)9-15(18(23)25-2)21-13-5-6-16(14(19)8-13)26-11-12-4-3-7-20-10-12/h3-10,21H,11H2,1-2H3/b15-9+. The molecule has 136 valence electrons. The zero-order chi connectivity index (χ0) is 18.9. The molecule has 0 fully saturated rings. The number of anilines is 1. The third kappa shape index (κ3) is 5.49. The summed E-state index contributed by atoms with van der Waals surface area (Å²) in [6.45, 7) is 0.315. The van der Waals surface area contributed by atoms with Crippen LogP contribution in [-0.4, -0.2) is 31.1 Å². The van der Waals surface area contributed by atoms with Gasteiger partial charge in [0.1, 0.15) is 18.1 Å². The first-order valence-electron chi connectivity index (χ1n) is 7.49. The lowest BCUT2D eigenvalue weighted by atomic mass is 10.2. The molecule has 0 aliphatic carbocycles. The van der Waals surface area contributed by atoms with Gasteiger partial charge in [-0.25, -0.2) is 9.59 Å². The fraction of sp³-hybridized carbons (Fsp3) is 0.167. The maximum atomic E-state index is 11.8. The molecule has 8 heteroatoms. The van der Waals surface area contributed by atoms with Crippen molar-refractivity contribution in [1.82, 2.24) is 4.98 Å². The smallest absolute Gasteiger partial charge is 0.354 e. The average molecular weight is 377 g/mol. The first-order chi connectivity index (χ1) is 12.5. The topological polar surface area (TPSA) is 86.8 Å². The van der Waals surface area contributed by atoms with Crippen molar-refractivity contribution in [2.75, 3.05) is 19.5 Å². The number of benzene rings is 1. The second kappa shape index (κ2) is 9.43. The molecule has 2 rings (SSSR count). The Kier molecular flexibility index (Phi) is 6.99. The average Bonchev–Trinajstić information content (AvgIpc) is 2.66. The van der Waals surface area contributed by atoms with E-state index >= 15 is 0 Å². The molecule has 0 aliphatic heterocycles. The number of pyridine rings is 1. The second-order valence-electron chi connectivity index (χ2n) is 4.99. The van der Waals surface area contributed by atoms with E-state index in [0.29, 0.717) is 23.1 Å². The summed E-state index contributed by atoms with van der Waals surface area (Å²) in [5.74, 6) is -0.943. The Balaban J connectivity index is 2.10. The summed E-state index contributed by atoms with van der Waals surface area (Å²) in [5, 5.41) is 3.11. The Morgan fingerprint density at radius 1 is 1.23 bits per heavy atom. The van der Waals surface area contributed by atoms with Gasteiger partial charge in [0.15, 0.2) is 0 Å². The van der Waals surface area contributed by atoms with E-state index in [0.717, 1.165) is 11.6 Å². The zero-order valence-electron chi connectivity index (χ0n) is 14.2. The van der Waals surface area contributed by atoms with Crippen LogP contribution in [0.3, 0.4) is 0 Å². The Morgan fingerprint density at radius 2 is 2.04 bits per heavy atom. The van der Waals surface area contributed by atoms with Crippen LogP contribution in [0.2, 0.25) is 5.02 Å². The van der Waals surface area contributed by atoms with Crippen LogP contribution in [0, 0.1) is 0 Å². The number of ether oxygens (including phenoxy) is 3. The maximum Gasteiger partial charge on any atom is 0.354 e. The number of rotatable bonds is 7. The van der Waals surface area contributed by atoms with E-state index in [1.54, 1.807) is 30.6 Å². The molecule has 0 aliphatic rings. The lowest BCUT2D eigenvalue weighted by Gasteiger charge is -2.12. The fourth-order valence-electron chi connectivity index (χ4n) is 1.93. The molecular formula is C18H17ClN2O5. The van der Waals surface area contributed by atoms with Crippen LogP contribution in [0.15, 0.2) is 54.5 Å². The predicted molar refractivity (Wildman–Crippen MR) is 95.8 cm³/mol. The van der Waals surface area contributed by atoms with Crippen molar-refractivity contribution < 1.29 is 23.8 Å². The molecule has 0 saturated heterocycles. The first kappa shape index (κ1) is 19.3. The number of hydrogen-bond acceptors (Lipinski definition) is 7. The highest BCUT2D eigenvalue weighted by Crippen LogP contribution is 2.29. The minimum Gasteiger partial charge on any atom is -0.487 e. The van der Waals surface area contributed by atoms with Gasteiger partial charge in [-0.3, -0.25) is 4.98 Å². The van der Waals surface area contributed by atoms with Gasteiger partial charge < -0.3 is 19.5 Å². The number of hydrogen-bond donors (Lipinski definition) is 1. The number of esters is 2. The third-order valence-electron chi connectivity index (χ3n) is 3.20. The molecule has 0 amide bonds. The Bertz CT molecular complexity index is 808. The third-order valence-corrected chi connectivity index (χ3v) is 3.49. The van der Waals surface area contributed by atoms with Crippen molar-refractivity contribution >= 4 is 29.2 Å². The van der Waals surface area contributed by atoms with E-state index in [1.807, 2.05) is 12.1 Å². The molecule has 1 aromatic heterocycles. The summed E-state index contributed by atoms with van der Waals surface area (Å²) < 4.78 is 14.8. The van der Waals surface area contributed by atoms with Gasteiger partial charge in [0.05, 0.1) is 25.3 Å². The van der Waals surface area contributed by atoms with Crippen molar-refractivity contribution in [3.8, 4) is 5.75 Å². The first-order valence-corrected chi connectivity index (χ1v) is 7.87. The van der Waals surface area contributed by atoms with Crippen LogP contribution in [-0.2, 0) is 25.7 Å². The molecule has 0 radical (unpaired) electrons. The normalized spacial score (nSPS) is 10.8. The van der Waals surface area contributed by atoms with Crippen molar-refractivity contribution in [3.05, 3.63) is 65.1 Å². The predicted octanol–water partition coefficient (Wildman–Crippen LogP) is 2.96. The number of halogens is 1. The number of carbonyl (C=O) groups is 2. The molecular weight excluding hydrogens is 360 g/mol. The van der Waals surface area contributed by atoms with E-state index in [4.69, 9.17) is 16.3 Å². The van der Waals surface area contributed by atoms with Gasteiger partial charge in [0.25, 0.3) is 0 Å². The van der Waals surface area contributed by atoms with Crippen molar-refractivity contribution in [2.24, 2.45) is 0 Å². The summed E-state index contributed by atoms with van der Waals surface area (Å²) in [6.07, 6.45) is 4.37. The molecule has 0 saturated carbocycles. The lowest BCUT2D eigenvalue weighted by Crippen LogP contribution is -2.15. The molecule has 0 bridgehead atoms. The highest BCUT2D eigenvalue weighted by Gasteiger charge is 2.13. The van der Waals surface area contributed by atoms with Gasteiger partial charge in [0.2, 0.25) is 0 Å². The number of aromatic nitrogens is 1. The zero-order valence-corrected chi connectivity index (χ0v) is 14.9. The molecule has 1 aromatic carbocycles. The lowest BCUT2D eigenvalue weighted by molar-refractivity contribution is -0.138. The summed E-state index contributed by atoms with van der Waals surface area (Å²) in [7, 11) is 2.41. The Hall–Kier alpha value is -3.06. The summed E-state index contributed by atoms with van der Waals surface area (Å²) >= 11 is 6.22.